The number of aromatic nitrogens is 2. The highest BCUT2D eigenvalue weighted by Crippen LogP contribution is 2.54. The summed E-state index contributed by atoms with van der Waals surface area (Å²) in [5, 5.41) is 13.2. The second-order valence-corrected chi connectivity index (χ2v) is 8.39. The van der Waals surface area contributed by atoms with Crippen molar-refractivity contribution in [1.29, 1.82) is 0 Å². The van der Waals surface area contributed by atoms with Gasteiger partial charge in [-0.05, 0) is 32.1 Å². The lowest BCUT2D eigenvalue weighted by atomic mass is 9.73. The van der Waals surface area contributed by atoms with Gasteiger partial charge in [0.2, 0.25) is 11.9 Å². The Morgan fingerprint density at radius 1 is 1.55 bits per heavy atom. The Morgan fingerprint density at radius 2 is 2.34 bits per heavy atom. The van der Waals surface area contributed by atoms with Crippen LogP contribution in [0.25, 0.3) is 0 Å². The van der Waals surface area contributed by atoms with Crippen LogP contribution in [-0.4, -0.2) is 77.3 Å². The third kappa shape index (κ3) is 4.58. The highest BCUT2D eigenvalue weighted by atomic mass is 32.2. The lowest BCUT2D eigenvalue weighted by Gasteiger charge is -2.29. The predicted molar refractivity (Wildman–Crippen MR) is 112 cm³/mol. The molecule has 3 fully saturated rings. The van der Waals surface area contributed by atoms with E-state index in [-0.39, 0.29) is 24.1 Å². The maximum Gasteiger partial charge on any atom is 0.290 e. The first-order valence-corrected chi connectivity index (χ1v) is 11.3. The molecule has 3 N–H and O–H groups in total. The van der Waals surface area contributed by atoms with Crippen LogP contribution in [0.15, 0.2) is 12.3 Å². The van der Waals surface area contributed by atoms with Crippen molar-refractivity contribution in [3.8, 4) is 0 Å². The molecule has 3 aliphatic heterocycles. The number of thioether (sulfide) groups is 1. The summed E-state index contributed by atoms with van der Waals surface area (Å²) >= 11 is 1.55. The summed E-state index contributed by atoms with van der Waals surface area (Å²) in [7, 11) is 0. The zero-order valence-corrected chi connectivity index (χ0v) is 17.7. The van der Waals surface area contributed by atoms with Crippen LogP contribution in [0.2, 0.25) is 0 Å². The maximum atomic E-state index is 11.9. The highest BCUT2D eigenvalue weighted by molar-refractivity contribution is 7.99. The molecule has 0 aromatic carbocycles. The van der Waals surface area contributed by atoms with E-state index in [0.29, 0.717) is 24.1 Å². The molecule has 4 heterocycles. The van der Waals surface area contributed by atoms with Gasteiger partial charge >= 0.3 is 0 Å². The molecule has 0 aliphatic carbocycles. The molecule has 160 valence electrons. The molecule has 1 spiro atoms. The van der Waals surface area contributed by atoms with Gasteiger partial charge in [-0.1, -0.05) is 0 Å². The maximum absolute atomic E-state index is 11.9. The Bertz CT molecular complexity index is 724. The van der Waals surface area contributed by atoms with E-state index in [4.69, 9.17) is 14.6 Å². The first kappa shape index (κ1) is 21.6. The number of rotatable bonds is 7. The number of carbonyl (C=O) groups is 2. The van der Waals surface area contributed by atoms with E-state index in [9.17, 15) is 4.79 Å². The summed E-state index contributed by atoms with van der Waals surface area (Å²) in [6.07, 6.45) is 6.23. The quantitative estimate of drug-likeness (QED) is 0.554. The molecule has 0 radical (unpaired) electrons. The van der Waals surface area contributed by atoms with Crippen LogP contribution in [-0.2, 0) is 14.3 Å². The van der Waals surface area contributed by atoms with Gasteiger partial charge < -0.3 is 25.4 Å². The van der Waals surface area contributed by atoms with Gasteiger partial charge in [-0.15, -0.1) is 0 Å². The largest absolute Gasteiger partial charge is 0.483 e. The van der Waals surface area contributed by atoms with E-state index in [1.54, 1.807) is 11.8 Å². The molecule has 4 rings (SSSR count). The van der Waals surface area contributed by atoms with E-state index in [0.717, 1.165) is 44.2 Å². The van der Waals surface area contributed by atoms with Crippen molar-refractivity contribution >= 4 is 35.9 Å². The molecular formula is C19H29N5O4S. The van der Waals surface area contributed by atoms with E-state index >= 15 is 0 Å². The van der Waals surface area contributed by atoms with Crippen LogP contribution in [0.3, 0.4) is 0 Å². The van der Waals surface area contributed by atoms with Gasteiger partial charge in [0.25, 0.3) is 6.47 Å². The molecule has 29 heavy (non-hydrogen) atoms. The number of nitrogens with one attached hydrogen (secondary N) is 2. The smallest absolute Gasteiger partial charge is 0.290 e. The fourth-order valence-corrected chi connectivity index (χ4v) is 5.17. The molecule has 0 unspecified atom stereocenters. The van der Waals surface area contributed by atoms with Gasteiger partial charge in [0.15, 0.2) is 0 Å². The minimum absolute atomic E-state index is 0.0862. The van der Waals surface area contributed by atoms with Crippen LogP contribution in [0.5, 0.6) is 0 Å². The normalized spacial score (nSPS) is 29.0. The molecule has 2 bridgehead atoms. The molecule has 1 aromatic rings. The second-order valence-electron chi connectivity index (χ2n) is 7.53. The van der Waals surface area contributed by atoms with Gasteiger partial charge in [0, 0.05) is 37.7 Å². The number of carboxylic acid groups (broad SMARTS) is 1. The third-order valence-corrected chi connectivity index (χ3v) is 6.43. The molecule has 3 saturated heterocycles. The zero-order valence-electron chi connectivity index (χ0n) is 16.8. The van der Waals surface area contributed by atoms with Crippen molar-refractivity contribution in [3.05, 3.63) is 12.3 Å². The Labute approximate surface area is 175 Å². The number of amides is 1. The number of hydrogen-bond acceptors (Lipinski definition) is 8. The van der Waals surface area contributed by atoms with Crippen molar-refractivity contribution in [1.82, 2.24) is 15.3 Å². The molecule has 1 aromatic heterocycles. The summed E-state index contributed by atoms with van der Waals surface area (Å²) in [6.45, 7) is 5.10. The molecule has 10 heteroatoms. The molecule has 0 saturated carbocycles. The van der Waals surface area contributed by atoms with E-state index < -0.39 is 0 Å². The average molecular weight is 424 g/mol. The standard InChI is InChI=1S/C18H27N5O2S.CH2O2/c1-3-19-15-5-7-20-17(22-15)23-9-13-12(8-21-16(24)10-26-2)14-4-6-18(13,11-23)25-14;2-1-3/h5,7,12-14H,3-4,6,8-11H2,1-2H3,(H,21,24)(H,19,20,22);1H,(H,2,3)/t12-,13+,14+,18+;/m0./s1. The lowest BCUT2D eigenvalue weighted by Crippen LogP contribution is -2.42. The van der Waals surface area contributed by atoms with E-state index in [1.165, 1.54) is 0 Å². The Morgan fingerprint density at radius 3 is 3.07 bits per heavy atom. The van der Waals surface area contributed by atoms with Crippen LogP contribution in [0.1, 0.15) is 19.8 Å². The number of fused-ring (bicyclic) bond motifs is 1. The van der Waals surface area contributed by atoms with Gasteiger partial charge in [-0.25, -0.2) is 4.98 Å². The van der Waals surface area contributed by atoms with Gasteiger partial charge in [0.1, 0.15) is 5.82 Å². The number of hydrogen-bond donors (Lipinski definition) is 3. The summed E-state index contributed by atoms with van der Waals surface area (Å²) in [4.78, 5) is 31.6. The SMILES string of the molecule is CCNc1ccnc(N2C[C@@H]3[C@H](CNC(=O)CSC)[C@H]4CC[C@]3(C2)O4)n1.O=CO. The average Bonchev–Trinajstić information content (AvgIpc) is 3.36. The minimum Gasteiger partial charge on any atom is -0.483 e. The molecule has 3 aliphatic rings. The third-order valence-electron chi connectivity index (χ3n) is 5.88. The number of nitrogens with zero attached hydrogens (tertiary/aromatic N) is 3. The molecule has 9 nitrogen and oxygen atoms in total. The Balaban J connectivity index is 0.000000755. The summed E-state index contributed by atoms with van der Waals surface area (Å²) in [5.74, 6) is 3.08. The van der Waals surface area contributed by atoms with Crippen molar-refractivity contribution < 1.29 is 19.4 Å². The zero-order chi connectivity index (χ0) is 20.9. The van der Waals surface area contributed by atoms with Gasteiger partial charge in [0.05, 0.1) is 24.0 Å². The van der Waals surface area contributed by atoms with Crippen LogP contribution in [0, 0.1) is 11.8 Å². The van der Waals surface area contributed by atoms with Crippen LogP contribution < -0.4 is 15.5 Å². The minimum atomic E-state index is -0.250. The fraction of sp³-hybridized carbons (Fsp3) is 0.684. The summed E-state index contributed by atoms with van der Waals surface area (Å²) < 4.78 is 6.45. The first-order chi connectivity index (χ1) is 14.1. The second kappa shape index (κ2) is 9.62. The van der Waals surface area contributed by atoms with E-state index in [2.05, 4.69) is 32.4 Å². The van der Waals surface area contributed by atoms with E-state index in [1.807, 2.05) is 18.5 Å². The molecular weight excluding hydrogens is 394 g/mol. The molecule has 1 amide bonds. The number of anilines is 2. The summed E-state index contributed by atoms with van der Waals surface area (Å²) in [5.41, 5.74) is -0.0862. The van der Waals surface area contributed by atoms with Crippen molar-refractivity contribution in [2.24, 2.45) is 11.8 Å². The predicted octanol–water partition coefficient (Wildman–Crippen LogP) is 1.07. The fourth-order valence-electron chi connectivity index (χ4n) is 4.81. The van der Waals surface area contributed by atoms with Crippen molar-refractivity contribution in [3.63, 3.8) is 0 Å². The van der Waals surface area contributed by atoms with Crippen LogP contribution in [0.4, 0.5) is 11.8 Å². The Hall–Kier alpha value is -2.07. The van der Waals surface area contributed by atoms with Crippen LogP contribution >= 0.6 is 11.8 Å². The number of ether oxygens (including phenoxy) is 1. The van der Waals surface area contributed by atoms with Gasteiger partial charge in [-0.2, -0.15) is 16.7 Å². The molecule has 4 atom stereocenters. The lowest BCUT2D eigenvalue weighted by molar-refractivity contribution is -0.123. The Kier molecular flexibility index (Phi) is 7.18. The first-order valence-electron chi connectivity index (χ1n) is 9.90. The topological polar surface area (TPSA) is 117 Å². The van der Waals surface area contributed by atoms with Crippen molar-refractivity contribution in [2.45, 2.75) is 31.5 Å². The summed E-state index contributed by atoms with van der Waals surface area (Å²) in [6, 6.07) is 1.90. The number of carbonyl (C=O) groups excluding carboxylic acids is 1. The highest BCUT2D eigenvalue weighted by Gasteiger charge is 2.63. The van der Waals surface area contributed by atoms with Gasteiger partial charge in [-0.3, -0.25) is 9.59 Å². The monoisotopic (exact) mass is 423 g/mol. The van der Waals surface area contributed by atoms with Crippen molar-refractivity contribution in [2.75, 3.05) is 48.4 Å².